The minimum absolute atomic E-state index is 0.303. The number of ether oxygens (including phenoxy) is 1. The van der Waals surface area contributed by atoms with Gasteiger partial charge in [-0.1, -0.05) is 18.2 Å². The normalized spacial score (nSPS) is 23.2. The average Bonchev–Trinajstić information content (AvgIpc) is 2.95. The number of hydrogen-bond donors (Lipinski definition) is 1. The van der Waals surface area contributed by atoms with Crippen molar-refractivity contribution < 1.29 is 27.8 Å². The molecule has 1 saturated carbocycles. The maximum Gasteiger partial charge on any atom is 0.573 e. The van der Waals surface area contributed by atoms with Gasteiger partial charge in [-0.2, -0.15) is 0 Å². The van der Waals surface area contributed by atoms with Gasteiger partial charge < -0.3 is 9.84 Å². The molecule has 0 heterocycles. The van der Waals surface area contributed by atoms with Crippen molar-refractivity contribution in [3.8, 4) is 5.75 Å². The lowest BCUT2D eigenvalue weighted by molar-refractivity contribution is -0.274. The first-order valence-electron chi connectivity index (χ1n) is 4.96. The molecule has 0 spiro atoms. The molecule has 1 aliphatic rings. The summed E-state index contributed by atoms with van der Waals surface area (Å²) in [6, 6.07) is 5.65. The quantitative estimate of drug-likeness (QED) is 0.891. The Balaban J connectivity index is 2.21. The third kappa shape index (κ3) is 2.69. The van der Waals surface area contributed by atoms with Crippen LogP contribution in [-0.2, 0) is 4.79 Å². The lowest BCUT2D eigenvalue weighted by Gasteiger charge is -2.12. The van der Waals surface area contributed by atoms with Crippen LogP contribution in [0.1, 0.15) is 17.9 Å². The summed E-state index contributed by atoms with van der Waals surface area (Å²) in [7, 11) is 0. The molecule has 0 radical (unpaired) electrons. The summed E-state index contributed by atoms with van der Waals surface area (Å²) in [5.74, 6) is -2.29. The van der Waals surface area contributed by atoms with Gasteiger partial charge >= 0.3 is 12.3 Å². The van der Waals surface area contributed by atoms with Crippen LogP contribution in [0.5, 0.6) is 5.75 Å². The molecule has 1 fully saturated rings. The molecule has 0 bridgehead atoms. The Bertz CT molecular complexity index is 442. The van der Waals surface area contributed by atoms with E-state index in [1.165, 1.54) is 18.2 Å². The fourth-order valence-electron chi connectivity index (χ4n) is 1.82. The molecule has 2 rings (SSSR count). The Morgan fingerprint density at radius 2 is 2.00 bits per heavy atom. The number of alkyl halides is 3. The topological polar surface area (TPSA) is 46.5 Å². The van der Waals surface area contributed by atoms with E-state index in [-0.39, 0.29) is 11.7 Å². The van der Waals surface area contributed by atoms with Crippen LogP contribution < -0.4 is 4.74 Å². The molecule has 6 heteroatoms. The molecular weight excluding hydrogens is 237 g/mol. The van der Waals surface area contributed by atoms with E-state index < -0.39 is 18.2 Å². The first kappa shape index (κ1) is 11.8. The molecule has 2 atom stereocenters. The Morgan fingerprint density at radius 3 is 2.53 bits per heavy atom. The standard InChI is InChI=1S/C11H9F3O3/c12-11(13,14)17-9-4-2-1-3-6(9)7-5-8(7)10(15)16/h1-4,7-8H,5H2,(H,15,16)/t7-,8-/m0/s1. The second-order valence-electron chi connectivity index (χ2n) is 3.87. The lowest BCUT2D eigenvalue weighted by Crippen LogP contribution is -2.18. The Hall–Kier alpha value is -1.72. The fourth-order valence-corrected chi connectivity index (χ4v) is 1.82. The first-order valence-corrected chi connectivity index (χ1v) is 4.96. The minimum Gasteiger partial charge on any atom is -0.481 e. The molecule has 1 aromatic rings. The van der Waals surface area contributed by atoms with Crippen molar-refractivity contribution >= 4 is 5.97 Å². The molecule has 92 valence electrons. The zero-order valence-electron chi connectivity index (χ0n) is 8.57. The first-order chi connectivity index (χ1) is 7.88. The highest BCUT2D eigenvalue weighted by molar-refractivity contribution is 5.75. The van der Waals surface area contributed by atoms with Gasteiger partial charge in [-0.05, 0) is 18.1 Å². The van der Waals surface area contributed by atoms with Gasteiger partial charge in [0.1, 0.15) is 5.75 Å². The van der Waals surface area contributed by atoms with Crippen LogP contribution in [0.4, 0.5) is 13.2 Å². The van der Waals surface area contributed by atoms with Crippen LogP contribution in [0.25, 0.3) is 0 Å². The molecule has 0 unspecified atom stereocenters. The molecule has 0 amide bonds. The van der Waals surface area contributed by atoms with Gasteiger partial charge in [-0.15, -0.1) is 13.2 Å². The smallest absolute Gasteiger partial charge is 0.481 e. The van der Waals surface area contributed by atoms with Gasteiger partial charge in [0.05, 0.1) is 5.92 Å². The number of aliphatic carboxylic acids is 1. The number of hydrogen-bond acceptors (Lipinski definition) is 2. The Morgan fingerprint density at radius 1 is 1.35 bits per heavy atom. The van der Waals surface area contributed by atoms with Gasteiger partial charge in [0.2, 0.25) is 0 Å². The van der Waals surface area contributed by atoms with E-state index >= 15 is 0 Å². The maximum atomic E-state index is 12.1. The number of carbonyl (C=O) groups is 1. The lowest BCUT2D eigenvalue weighted by atomic mass is 10.1. The third-order valence-electron chi connectivity index (χ3n) is 2.65. The number of rotatable bonds is 3. The second-order valence-corrected chi connectivity index (χ2v) is 3.87. The summed E-state index contributed by atoms with van der Waals surface area (Å²) in [5.41, 5.74) is 0.303. The van der Waals surface area contributed by atoms with Gasteiger partial charge in [0, 0.05) is 5.92 Å². The van der Waals surface area contributed by atoms with Crippen LogP contribution in [-0.4, -0.2) is 17.4 Å². The highest BCUT2D eigenvalue weighted by Crippen LogP contribution is 2.50. The molecule has 0 aliphatic heterocycles. The molecule has 1 N–H and O–H groups in total. The van der Waals surface area contributed by atoms with E-state index in [9.17, 15) is 18.0 Å². The summed E-state index contributed by atoms with van der Waals surface area (Å²) >= 11 is 0. The van der Waals surface area contributed by atoms with Crippen molar-refractivity contribution in [2.45, 2.75) is 18.7 Å². The molecular formula is C11H9F3O3. The SMILES string of the molecule is O=C(O)[C@H]1C[C@H]1c1ccccc1OC(F)(F)F. The van der Waals surface area contributed by atoms with Gasteiger partial charge in [0.25, 0.3) is 0 Å². The summed E-state index contributed by atoms with van der Waals surface area (Å²) in [6.45, 7) is 0. The monoisotopic (exact) mass is 246 g/mol. The molecule has 1 aromatic carbocycles. The summed E-state index contributed by atoms with van der Waals surface area (Å²) in [4.78, 5) is 10.7. The zero-order chi connectivity index (χ0) is 12.6. The molecule has 3 nitrogen and oxygen atoms in total. The number of halogens is 3. The van der Waals surface area contributed by atoms with Crippen molar-refractivity contribution in [2.24, 2.45) is 5.92 Å². The number of benzene rings is 1. The van der Waals surface area contributed by atoms with Gasteiger partial charge in [0.15, 0.2) is 0 Å². The molecule has 17 heavy (non-hydrogen) atoms. The van der Waals surface area contributed by atoms with E-state index in [0.29, 0.717) is 12.0 Å². The van der Waals surface area contributed by atoms with E-state index in [4.69, 9.17) is 5.11 Å². The van der Waals surface area contributed by atoms with Crippen LogP contribution in [0, 0.1) is 5.92 Å². The van der Waals surface area contributed by atoms with Crippen molar-refractivity contribution in [2.75, 3.05) is 0 Å². The summed E-state index contributed by atoms with van der Waals surface area (Å²) in [6.07, 6.45) is -4.41. The van der Waals surface area contributed by atoms with E-state index in [1.807, 2.05) is 0 Å². The summed E-state index contributed by atoms with van der Waals surface area (Å²) < 4.78 is 40.2. The van der Waals surface area contributed by atoms with Crippen LogP contribution >= 0.6 is 0 Å². The zero-order valence-corrected chi connectivity index (χ0v) is 8.57. The van der Waals surface area contributed by atoms with E-state index in [1.54, 1.807) is 6.07 Å². The highest BCUT2D eigenvalue weighted by atomic mass is 19.4. The van der Waals surface area contributed by atoms with Crippen molar-refractivity contribution in [1.29, 1.82) is 0 Å². The number of carboxylic acid groups (broad SMARTS) is 1. The van der Waals surface area contributed by atoms with Crippen LogP contribution in [0.2, 0.25) is 0 Å². The Kier molecular flexibility index (Phi) is 2.73. The predicted molar refractivity (Wildman–Crippen MR) is 51.6 cm³/mol. The van der Waals surface area contributed by atoms with Crippen molar-refractivity contribution in [3.05, 3.63) is 29.8 Å². The van der Waals surface area contributed by atoms with Gasteiger partial charge in [-0.3, -0.25) is 4.79 Å². The van der Waals surface area contributed by atoms with Crippen molar-refractivity contribution in [1.82, 2.24) is 0 Å². The summed E-state index contributed by atoms with van der Waals surface area (Å²) in [5, 5.41) is 8.75. The predicted octanol–water partition coefficient (Wildman–Crippen LogP) is 2.77. The fraction of sp³-hybridized carbons (Fsp3) is 0.364. The maximum absolute atomic E-state index is 12.1. The Labute approximate surface area is 94.8 Å². The largest absolute Gasteiger partial charge is 0.573 e. The molecule has 0 aromatic heterocycles. The molecule has 0 saturated heterocycles. The third-order valence-corrected chi connectivity index (χ3v) is 2.65. The van der Waals surface area contributed by atoms with E-state index in [0.717, 1.165) is 0 Å². The number of para-hydroxylation sites is 1. The van der Waals surface area contributed by atoms with Crippen LogP contribution in [0.3, 0.4) is 0 Å². The highest BCUT2D eigenvalue weighted by Gasteiger charge is 2.46. The molecule has 1 aliphatic carbocycles. The minimum atomic E-state index is -4.76. The second kappa shape index (κ2) is 3.94. The van der Waals surface area contributed by atoms with Gasteiger partial charge in [-0.25, -0.2) is 0 Å². The average molecular weight is 246 g/mol. The van der Waals surface area contributed by atoms with Crippen molar-refractivity contribution in [3.63, 3.8) is 0 Å². The number of carboxylic acids is 1. The van der Waals surface area contributed by atoms with E-state index in [2.05, 4.69) is 4.74 Å². The van der Waals surface area contributed by atoms with Crippen LogP contribution in [0.15, 0.2) is 24.3 Å².